The minimum absolute atomic E-state index is 0.298. The van der Waals surface area contributed by atoms with E-state index in [-0.39, 0.29) is 0 Å². The zero-order chi connectivity index (χ0) is 18.2. The molecule has 7 nitrogen and oxygen atoms in total. The summed E-state index contributed by atoms with van der Waals surface area (Å²) in [7, 11) is 1.27. The summed E-state index contributed by atoms with van der Waals surface area (Å²) in [4.78, 5) is 35.2. The van der Waals surface area contributed by atoms with Crippen LogP contribution < -0.4 is 10.7 Å². The Kier molecular flexibility index (Phi) is 6.00. The normalized spacial score (nSPS) is 10.3. The maximum Gasteiger partial charge on any atom is 0.338 e. The Labute approximate surface area is 144 Å². The summed E-state index contributed by atoms with van der Waals surface area (Å²) in [6, 6.07) is 13.6. The number of benzene rings is 2. The highest BCUT2D eigenvalue weighted by atomic mass is 16.5. The summed E-state index contributed by atoms with van der Waals surface area (Å²) in [6.45, 7) is 1.92. The number of anilines is 1. The Balaban J connectivity index is 1.97. The van der Waals surface area contributed by atoms with Crippen LogP contribution in [-0.4, -0.2) is 31.1 Å². The monoisotopic (exact) mass is 339 g/mol. The molecule has 2 N–H and O–H groups in total. The number of ether oxygens (including phenoxy) is 1. The number of carbonyl (C=O) groups is 3. The Morgan fingerprint density at radius 3 is 2.36 bits per heavy atom. The highest BCUT2D eigenvalue weighted by Gasteiger charge is 2.13. The van der Waals surface area contributed by atoms with Gasteiger partial charge in [-0.15, -0.1) is 0 Å². The lowest BCUT2D eigenvalue weighted by atomic mass is 10.1. The number of carbonyl (C=O) groups excluding carboxylic acids is 3. The molecule has 0 atom stereocenters. The molecule has 0 radical (unpaired) electrons. The number of esters is 1. The van der Waals surface area contributed by atoms with Crippen molar-refractivity contribution in [3.63, 3.8) is 0 Å². The fraction of sp³-hybridized carbons (Fsp3) is 0.111. The van der Waals surface area contributed by atoms with E-state index in [1.807, 2.05) is 19.1 Å². The largest absolute Gasteiger partial charge is 0.465 e. The van der Waals surface area contributed by atoms with Crippen LogP contribution in [0.2, 0.25) is 0 Å². The molecule has 0 saturated heterocycles. The third-order valence-electron chi connectivity index (χ3n) is 3.25. The molecule has 0 aromatic heterocycles. The van der Waals surface area contributed by atoms with Crippen LogP contribution in [0.3, 0.4) is 0 Å². The first-order valence-corrected chi connectivity index (χ1v) is 7.39. The average Bonchev–Trinajstić information content (AvgIpc) is 2.63. The molecule has 0 unspecified atom stereocenters. The topological polar surface area (TPSA) is 96.9 Å². The molecule has 2 amide bonds. The standard InChI is InChI=1S/C18H17N3O4/c1-12-7-9-14(10-8-12)20-16(22)17(23)21-19-11-13-5-3-4-6-15(13)18(24)25-2/h3-11H,1-2H3,(H,20,22)(H,21,23)/b19-11-. The predicted molar refractivity (Wildman–Crippen MR) is 93.3 cm³/mol. The Bertz CT molecular complexity index is 813. The predicted octanol–water partition coefficient (Wildman–Crippen LogP) is 1.87. The summed E-state index contributed by atoms with van der Waals surface area (Å²) in [6.07, 6.45) is 1.27. The van der Waals surface area contributed by atoms with E-state index in [9.17, 15) is 14.4 Å². The van der Waals surface area contributed by atoms with E-state index in [1.165, 1.54) is 13.3 Å². The SMILES string of the molecule is COC(=O)c1ccccc1/C=N\NC(=O)C(=O)Nc1ccc(C)cc1. The van der Waals surface area contributed by atoms with Crippen LogP contribution in [0, 0.1) is 6.92 Å². The molecular formula is C18H17N3O4. The molecule has 0 spiro atoms. The molecule has 0 fully saturated rings. The van der Waals surface area contributed by atoms with Crippen molar-refractivity contribution in [1.29, 1.82) is 0 Å². The van der Waals surface area contributed by atoms with E-state index in [0.717, 1.165) is 5.56 Å². The summed E-state index contributed by atoms with van der Waals surface area (Å²) < 4.78 is 4.67. The maximum absolute atomic E-state index is 11.8. The minimum atomic E-state index is -0.924. The second-order valence-electron chi connectivity index (χ2n) is 5.10. The molecule has 2 rings (SSSR count). The average molecular weight is 339 g/mol. The second kappa shape index (κ2) is 8.39. The van der Waals surface area contributed by atoms with Crippen molar-refractivity contribution in [1.82, 2.24) is 5.43 Å². The minimum Gasteiger partial charge on any atom is -0.465 e. The van der Waals surface area contributed by atoms with Gasteiger partial charge in [-0.3, -0.25) is 9.59 Å². The van der Waals surface area contributed by atoms with Gasteiger partial charge in [-0.05, 0) is 25.1 Å². The zero-order valence-corrected chi connectivity index (χ0v) is 13.8. The van der Waals surface area contributed by atoms with Crippen molar-refractivity contribution in [3.8, 4) is 0 Å². The van der Waals surface area contributed by atoms with E-state index in [2.05, 4.69) is 20.6 Å². The number of aryl methyl sites for hydroxylation is 1. The van der Waals surface area contributed by atoms with Gasteiger partial charge < -0.3 is 10.1 Å². The molecule has 0 aliphatic rings. The Hall–Kier alpha value is -3.48. The van der Waals surface area contributed by atoms with Crippen molar-refractivity contribution >= 4 is 29.7 Å². The van der Waals surface area contributed by atoms with E-state index >= 15 is 0 Å². The number of hydrogen-bond donors (Lipinski definition) is 2. The van der Waals surface area contributed by atoms with Crippen molar-refractivity contribution in [3.05, 3.63) is 65.2 Å². The van der Waals surface area contributed by atoms with Crippen LogP contribution >= 0.6 is 0 Å². The molecule has 0 bridgehead atoms. The maximum atomic E-state index is 11.8. The highest BCUT2D eigenvalue weighted by Crippen LogP contribution is 2.09. The van der Waals surface area contributed by atoms with Crippen LogP contribution in [0.5, 0.6) is 0 Å². The third-order valence-corrected chi connectivity index (χ3v) is 3.25. The number of hydrogen-bond acceptors (Lipinski definition) is 5. The van der Waals surface area contributed by atoms with Crippen LogP contribution in [0.15, 0.2) is 53.6 Å². The van der Waals surface area contributed by atoms with Crippen LogP contribution in [0.1, 0.15) is 21.5 Å². The molecule has 7 heteroatoms. The fourth-order valence-electron chi connectivity index (χ4n) is 1.94. The Morgan fingerprint density at radius 2 is 1.68 bits per heavy atom. The quantitative estimate of drug-likeness (QED) is 0.385. The van der Waals surface area contributed by atoms with Gasteiger partial charge in [-0.1, -0.05) is 35.9 Å². The lowest BCUT2D eigenvalue weighted by Gasteiger charge is -2.05. The smallest absolute Gasteiger partial charge is 0.338 e. The van der Waals surface area contributed by atoms with E-state index in [4.69, 9.17) is 0 Å². The van der Waals surface area contributed by atoms with Gasteiger partial charge in [-0.2, -0.15) is 5.10 Å². The zero-order valence-electron chi connectivity index (χ0n) is 13.8. The summed E-state index contributed by atoms with van der Waals surface area (Å²) >= 11 is 0. The van der Waals surface area contributed by atoms with Gasteiger partial charge in [0.05, 0.1) is 18.9 Å². The number of hydrazone groups is 1. The van der Waals surface area contributed by atoms with Crippen LogP contribution in [0.4, 0.5) is 5.69 Å². The molecule has 0 saturated carbocycles. The first kappa shape index (κ1) is 17.9. The fourth-order valence-corrected chi connectivity index (χ4v) is 1.94. The van der Waals surface area contributed by atoms with Gasteiger partial charge in [0.15, 0.2) is 0 Å². The number of amides is 2. The molecule has 128 valence electrons. The number of nitrogens with zero attached hydrogens (tertiary/aromatic N) is 1. The lowest BCUT2D eigenvalue weighted by Crippen LogP contribution is -2.32. The van der Waals surface area contributed by atoms with Crippen molar-refractivity contribution in [2.24, 2.45) is 5.10 Å². The van der Waals surface area contributed by atoms with Crippen LogP contribution in [-0.2, 0) is 14.3 Å². The molecule has 2 aromatic carbocycles. The molecule has 0 aliphatic heterocycles. The lowest BCUT2D eigenvalue weighted by molar-refractivity contribution is -0.136. The van der Waals surface area contributed by atoms with E-state index < -0.39 is 17.8 Å². The van der Waals surface area contributed by atoms with Gasteiger partial charge in [-0.25, -0.2) is 10.2 Å². The van der Waals surface area contributed by atoms with Gasteiger partial charge in [0.2, 0.25) is 0 Å². The van der Waals surface area contributed by atoms with Gasteiger partial charge in [0.25, 0.3) is 0 Å². The second-order valence-corrected chi connectivity index (χ2v) is 5.10. The van der Waals surface area contributed by atoms with Gasteiger partial charge in [0.1, 0.15) is 0 Å². The van der Waals surface area contributed by atoms with E-state index in [1.54, 1.807) is 36.4 Å². The molecule has 0 aliphatic carbocycles. The van der Waals surface area contributed by atoms with E-state index in [0.29, 0.717) is 16.8 Å². The highest BCUT2D eigenvalue weighted by molar-refractivity contribution is 6.39. The third kappa shape index (κ3) is 5.00. The first-order chi connectivity index (χ1) is 12.0. The number of rotatable bonds is 4. The summed E-state index contributed by atoms with van der Waals surface area (Å²) in [5.74, 6) is -2.29. The molecule has 2 aromatic rings. The van der Waals surface area contributed by atoms with Gasteiger partial charge in [0, 0.05) is 11.3 Å². The van der Waals surface area contributed by atoms with Crippen LogP contribution in [0.25, 0.3) is 0 Å². The summed E-state index contributed by atoms with van der Waals surface area (Å²) in [5.41, 5.74) is 4.41. The summed E-state index contributed by atoms with van der Waals surface area (Å²) in [5, 5.41) is 6.16. The van der Waals surface area contributed by atoms with Crippen molar-refractivity contribution in [2.45, 2.75) is 6.92 Å². The Morgan fingerprint density at radius 1 is 1.00 bits per heavy atom. The number of nitrogens with one attached hydrogen (secondary N) is 2. The molecular weight excluding hydrogens is 322 g/mol. The van der Waals surface area contributed by atoms with Crippen molar-refractivity contribution in [2.75, 3.05) is 12.4 Å². The first-order valence-electron chi connectivity index (χ1n) is 7.39. The number of methoxy groups -OCH3 is 1. The van der Waals surface area contributed by atoms with Crippen molar-refractivity contribution < 1.29 is 19.1 Å². The molecule has 25 heavy (non-hydrogen) atoms. The van der Waals surface area contributed by atoms with Gasteiger partial charge >= 0.3 is 17.8 Å². The molecule has 0 heterocycles.